The number of benzene rings is 1. The summed E-state index contributed by atoms with van der Waals surface area (Å²) in [6.07, 6.45) is 3.15. The quantitative estimate of drug-likeness (QED) is 0.858. The van der Waals surface area contributed by atoms with Gasteiger partial charge in [-0.15, -0.1) is 0 Å². The molecule has 2 rings (SSSR count). The number of phenols is 1. The molecule has 0 heterocycles. The van der Waals surface area contributed by atoms with Crippen molar-refractivity contribution in [3.8, 4) is 5.75 Å². The summed E-state index contributed by atoms with van der Waals surface area (Å²) in [6, 6.07) is 3.33. The average Bonchev–Trinajstić information content (AvgIpc) is 2.35. The third-order valence-corrected chi connectivity index (χ3v) is 3.69. The Labute approximate surface area is 111 Å². The van der Waals surface area contributed by atoms with Crippen molar-refractivity contribution < 1.29 is 19.0 Å². The van der Waals surface area contributed by atoms with Gasteiger partial charge in [0.05, 0.1) is 12.2 Å². The summed E-state index contributed by atoms with van der Waals surface area (Å²) in [5.74, 6) is -1.22. The smallest absolute Gasteiger partial charge is 0.255 e. The first kappa shape index (κ1) is 13.8. The molecule has 1 amide bonds. The van der Waals surface area contributed by atoms with Gasteiger partial charge in [-0.25, -0.2) is 4.39 Å². The van der Waals surface area contributed by atoms with E-state index in [9.17, 15) is 14.3 Å². The van der Waals surface area contributed by atoms with Crippen molar-refractivity contribution in [3.63, 3.8) is 0 Å². The van der Waals surface area contributed by atoms with Crippen LogP contribution >= 0.6 is 0 Å². The number of halogens is 1. The number of phenolic OH excluding ortho intramolecular Hbond substituents is 1. The van der Waals surface area contributed by atoms with Gasteiger partial charge in [-0.2, -0.15) is 0 Å². The van der Waals surface area contributed by atoms with E-state index >= 15 is 0 Å². The Balaban J connectivity index is 1.99. The summed E-state index contributed by atoms with van der Waals surface area (Å²) < 4.78 is 18.2. The van der Waals surface area contributed by atoms with Crippen molar-refractivity contribution in [1.82, 2.24) is 5.32 Å². The van der Waals surface area contributed by atoms with E-state index < -0.39 is 11.7 Å². The van der Waals surface area contributed by atoms with Crippen LogP contribution < -0.4 is 5.32 Å². The Kier molecular flexibility index (Phi) is 4.04. The minimum Gasteiger partial charge on any atom is -0.507 e. The lowest BCUT2D eigenvalue weighted by atomic mass is 9.69. The number of hydrogen-bond donors (Lipinski definition) is 2. The van der Waals surface area contributed by atoms with Crippen LogP contribution in [0.2, 0.25) is 0 Å². The van der Waals surface area contributed by atoms with Gasteiger partial charge >= 0.3 is 0 Å². The van der Waals surface area contributed by atoms with Crippen LogP contribution in [-0.2, 0) is 4.74 Å². The fourth-order valence-electron chi connectivity index (χ4n) is 2.41. The summed E-state index contributed by atoms with van der Waals surface area (Å²) in [7, 11) is 1.64. The lowest BCUT2D eigenvalue weighted by Gasteiger charge is -2.41. The van der Waals surface area contributed by atoms with Crippen LogP contribution in [-0.4, -0.2) is 31.3 Å². The van der Waals surface area contributed by atoms with Crippen LogP contribution in [0.3, 0.4) is 0 Å². The molecule has 0 radical (unpaired) electrons. The van der Waals surface area contributed by atoms with Gasteiger partial charge in [0.2, 0.25) is 0 Å². The lowest BCUT2D eigenvalue weighted by Crippen LogP contribution is -2.45. The maximum absolute atomic E-state index is 13.1. The number of nitrogens with one attached hydrogen (secondary N) is 1. The molecule has 4 nitrogen and oxygen atoms in total. The van der Waals surface area contributed by atoms with Gasteiger partial charge in [0.1, 0.15) is 11.6 Å². The second-order valence-corrected chi connectivity index (χ2v) is 5.13. The molecule has 1 saturated carbocycles. The molecular weight excluding hydrogens is 249 g/mol. The highest BCUT2D eigenvalue weighted by molar-refractivity contribution is 5.96. The molecule has 1 fully saturated rings. The Bertz CT molecular complexity index is 472. The zero-order valence-electron chi connectivity index (χ0n) is 10.9. The molecule has 1 aromatic carbocycles. The van der Waals surface area contributed by atoms with Gasteiger partial charge in [-0.1, -0.05) is 6.42 Å². The Morgan fingerprint density at radius 1 is 1.53 bits per heavy atom. The Morgan fingerprint density at radius 3 is 2.84 bits per heavy atom. The van der Waals surface area contributed by atoms with E-state index in [4.69, 9.17) is 4.74 Å². The predicted octanol–water partition coefficient (Wildman–Crippen LogP) is 2.08. The third-order valence-electron chi connectivity index (χ3n) is 3.69. The minimum absolute atomic E-state index is 0.00659. The monoisotopic (exact) mass is 267 g/mol. The molecule has 5 heteroatoms. The molecule has 1 aromatic rings. The van der Waals surface area contributed by atoms with Crippen molar-refractivity contribution >= 4 is 5.91 Å². The van der Waals surface area contributed by atoms with E-state index in [1.165, 1.54) is 6.07 Å². The normalized spacial score (nSPS) is 16.7. The first-order valence-electron chi connectivity index (χ1n) is 6.32. The van der Waals surface area contributed by atoms with Gasteiger partial charge in [-0.05, 0) is 31.0 Å². The molecule has 1 aliphatic carbocycles. The standard InChI is InChI=1S/C14H18FNO3/c1-19-9-14(5-2-6-14)8-16-13(18)11-7-10(15)3-4-12(11)17/h3-4,7,17H,2,5-6,8-9H2,1H3,(H,16,18). The zero-order chi connectivity index (χ0) is 13.9. The van der Waals surface area contributed by atoms with E-state index in [1.807, 2.05) is 0 Å². The molecule has 0 spiro atoms. The van der Waals surface area contributed by atoms with Crippen molar-refractivity contribution in [2.24, 2.45) is 5.41 Å². The summed E-state index contributed by atoms with van der Waals surface area (Å²) in [5, 5.41) is 12.3. The van der Waals surface area contributed by atoms with Crippen molar-refractivity contribution in [2.75, 3.05) is 20.3 Å². The molecule has 0 aromatic heterocycles. The maximum atomic E-state index is 13.1. The van der Waals surface area contributed by atoms with E-state index in [-0.39, 0.29) is 16.7 Å². The van der Waals surface area contributed by atoms with Gasteiger partial charge in [0.25, 0.3) is 5.91 Å². The molecule has 2 N–H and O–H groups in total. The molecule has 0 unspecified atom stereocenters. The molecule has 0 atom stereocenters. The molecule has 1 aliphatic rings. The average molecular weight is 267 g/mol. The van der Waals surface area contributed by atoms with Crippen molar-refractivity contribution in [2.45, 2.75) is 19.3 Å². The second kappa shape index (κ2) is 5.57. The number of ether oxygens (including phenoxy) is 1. The molecule has 19 heavy (non-hydrogen) atoms. The molecule has 104 valence electrons. The van der Waals surface area contributed by atoms with Crippen LogP contribution in [0.5, 0.6) is 5.75 Å². The number of carbonyl (C=O) groups is 1. The first-order valence-corrected chi connectivity index (χ1v) is 6.32. The van der Waals surface area contributed by atoms with Gasteiger partial charge in [-0.3, -0.25) is 4.79 Å². The summed E-state index contributed by atoms with van der Waals surface area (Å²) >= 11 is 0. The topological polar surface area (TPSA) is 58.6 Å². The lowest BCUT2D eigenvalue weighted by molar-refractivity contribution is 0.0179. The third kappa shape index (κ3) is 3.04. The highest BCUT2D eigenvalue weighted by atomic mass is 19.1. The largest absolute Gasteiger partial charge is 0.507 e. The fraction of sp³-hybridized carbons (Fsp3) is 0.500. The van der Waals surface area contributed by atoms with Crippen molar-refractivity contribution in [3.05, 3.63) is 29.6 Å². The number of carbonyl (C=O) groups excluding carboxylic acids is 1. The molecule has 0 saturated heterocycles. The van der Waals surface area contributed by atoms with Gasteiger partial charge < -0.3 is 15.2 Å². The number of hydrogen-bond acceptors (Lipinski definition) is 3. The maximum Gasteiger partial charge on any atom is 0.255 e. The van der Waals surface area contributed by atoms with E-state index in [2.05, 4.69) is 5.32 Å². The van der Waals surface area contributed by atoms with Gasteiger partial charge in [0.15, 0.2) is 0 Å². The van der Waals surface area contributed by atoms with Crippen LogP contribution in [0.25, 0.3) is 0 Å². The van der Waals surface area contributed by atoms with Crippen molar-refractivity contribution in [1.29, 1.82) is 0 Å². The molecule has 0 bridgehead atoms. The summed E-state index contributed by atoms with van der Waals surface area (Å²) in [6.45, 7) is 1.08. The first-order chi connectivity index (χ1) is 9.06. The molecule has 0 aliphatic heterocycles. The van der Waals surface area contributed by atoms with Gasteiger partial charge in [0, 0.05) is 19.1 Å². The van der Waals surface area contributed by atoms with Crippen LogP contribution in [0.4, 0.5) is 4.39 Å². The zero-order valence-corrected chi connectivity index (χ0v) is 10.9. The minimum atomic E-state index is -0.543. The van der Waals surface area contributed by atoms with E-state index in [1.54, 1.807) is 7.11 Å². The number of aromatic hydroxyl groups is 1. The second-order valence-electron chi connectivity index (χ2n) is 5.13. The SMILES string of the molecule is COCC1(CNC(=O)c2cc(F)ccc2O)CCC1. The van der Waals surface area contributed by atoms with E-state index in [0.29, 0.717) is 13.2 Å². The van der Waals surface area contributed by atoms with Crippen LogP contribution in [0, 0.1) is 11.2 Å². The van der Waals surface area contributed by atoms with Crippen LogP contribution in [0.15, 0.2) is 18.2 Å². The highest BCUT2D eigenvalue weighted by Gasteiger charge is 2.37. The summed E-state index contributed by atoms with van der Waals surface area (Å²) in [4.78, 5) is 11.9. The number of amides is 1. The van der Waals surface area contributed by atoms with E-state index in [0.717, 1.165) is 31.4 Å². The Morgan fingerprint density at radius 2 is 2.26 bits per heavy atom. The number of rotatable bonds is 5. The molecular formula is C14H18FNO3. The fourth-order valence-corrected chi connectivity index (χ4v) is 2.41. The number of methoxy groups -OCH3 is 1. The Hall–Kier alpha value is -1.62. The predicted molar refractivity (Wildman–Crippen MR) is 68.6 cm³/mol. The summed E-state index contributed by atoms with van der Waals surface area (Å²) in [5.41, 5.74) is -0.0419. The highest BCUT2D eigenvalue weighted by Crippen LogP contribution is 2.40. The van der Waals surface area contributed by atoms with Crippen LogP contribution in [0.1, 0.15) is 29.6 Å².